The van der Waals surface area contributed by atoms with Gasteiger partial charge in [-0.3, -0.25) is 14.7 Å². The largest absolute Gasteiger partial charge is 0.481 e. The van der Waals surface area contributed by atoms with Gasteiger partial charge in [-0.25, -0.2) is 4.98 Å². The number of nitrogens with one attached hydrogen (secondary N) is 2. The average Bonchev–Trinajstić information content (AvgIpc) is 2.83. The highest BCUT2D eigenvalue weighted by molar-refractivity contribution is 5.90. The molecule has 3 N–H and O–H groups in total. The Morgan fingerprint density at radius 1 is 1.29 bits per heavy atom. The fourth-order valence-electron chi connectivity index (χ4n) is 2.76. The summed E-state index contributed by atoms with van der Waals surface area (Å²) in [5, 5.41) is 18.8. The number of carbonyl (C=O) groups is 2. The first-order valence-corrected chi connectivity index (χ1v) is 7.50. The number of H-pyrrole nitrogens is 1. The Morgan fingerprint density at radius 3 is 2.48 bits per heavy atom. The number of hydrogen-bond acceptors (Lipinski definition) is 4. The Labute approximate surface area is 123 Å². The summed E-state index contributed by atoms with van der Waals surface area (Å²) >= 11 is 0. The van der Waals surface area contributed by atoms with Crippen LogP contribution in [0, 0.1) is 5.41 Å². The molecule has 0 radical (unpaired) electrons. The summed E-state index contributed by atoms with van der Waals surface area (Å²) in [4.78, 5) is 27.7. The van der Waals surface area contributed by atoms with E-state index in [-0.39, 0.29) is 12.4 Å². The van der Waals surface area contributed by atoms with Crippen LogP contribution in [0.15, 0.2) is 0 Å². The van der Waals surface area contributed by atoms with Crippen LogP contribution in [0.5, 0.6) is 0 Å². The Kier molecular flexibility index (Phi) is 4.93. The predicted molar refractivity (Wildman–Crippen MR) is 75.9 cm³/mol. The molecule has 0 aromatic carbocycles. The number of aromatic amines is 1. The minimum absolute atomic E-state index is 0.0704. The second-order valence-electron chi connectivity index (χ2n) is 5.64. The van der Waals surface area contributed by atoms with Crippen LogP contribution in [0.2, 0.25) is 0 Å². The number of amides is 1. The van der Waals surface area contributed by atoms with E-state index in [4.69, 9.17) is 0 Å². The van der Waals surface area contributed by atoms with Gasteiger partial charge >= 0.3 is 5.97 Å². The molecule has 0 unspecified atom stereocenters. The third-order valence-corrected chi connectivity index (χ3v) is 4.17. The Morgan fingerprint density at radius 2 is 1.95 bits per heavy atom. The second-order valence-corrected chi connectivity index (χ2v) is 5.64. The third kappa shape index (κ3) is 3.59. The van der Waals surface area contributed by atoms with Crippen molar-refractivity contribution in [3.8, 4) is 0 Å². The van der Waals surface area contributed by atoms with Gasteiger partial charge in [0.25, 0.3) is 5.91 Å². The number of hydrogen-bond donors (Lipinski definition) is 3. The summed E-state index contributed by atoms with van der Waals surface area (Å²) in [7, 11) is 0. The molecular weight excluding hydrogens is 272 g/mol. The number of carboxylic acids is 1. The van der Waals surface area contributed by atoms with Gasteiger partial charge in [0.15, 0.2) is 0 Å². The fourth-order valence-corrected chi connectivity index (χ4v) is 2.76. The average molecular weight is 294 g/mol. The number of carbonyl (C=O) groups excluding carboxylic acids is 1. The van der Waals surface area contributed by atoms with Crippen LogP contribution < -0.4 is 5.32 Å². The van der Waals surface area contributed by atoms with Gasteiger partial charge in [0.05, 0.1) is 5.41 Å². The maximum Gasteiger partial charge on any atom is 0.311 e. The summed E-state index contributed by atoms with van der Waals surface area (Å²) < 4.78 is 0. The molecule has 1 amide bonds. The molecule has 7 heteroatoms. The molecule has 1 heterocycles. The van der Waals surface area contributed by atoms with E-state index in [1.54, 1.807) is 0 Å². The fraction of sp³-hybridized carbons (Fsp3) is 0.714. The van der Waals surface area contributed by atoms with E-state index < -0.39 is 17.3 Å². The summed E-state index contributed by atoms with van der Waals surface area (Å²) in [5.41, 5.74) is -0.851. The standard InChI is InChI=1S/C14H22N4O3/c1-2-10-16-11(18-17-10)12(19)15-9-14(13(20)21)7-5-3-4-6-8-14/h2-9H2,1H3,(H,15,19)(H,20,21)(H,16,17,18). The highest BCUT2D eigenvalue weighted by Gasteiger charge is 2.39. The van der Waals surface area contributed by atoms with Gasteiger partial charge in [-0.1, -0.05) is 32.6 Å². The monoisotopic (exact) mass is 294 g/mol. The van der Waals surface area contributed by atoms with Gasteiger partial charge in [-0.2, -0.15) is 0 Å². The molecule has 1 aromatic rings. The molecule has 0 saturated heterocycles. The zero-order chi connectivity index (χ0) is 15.3. The van der Waals surface area contributed by atoms with Crippen molar-refractivity contribution in [2.45, 2.75) is 51.9 Å². The van der Waals surface area contributed by atoms with E-state index in [0.29, 0.717) is 25.1 Å². The minimum atomic E-state index is -0.851. The zero-order valence-electron chi connectivity index (χ0n) is 12.3. The smallest absolute Gasteiger partial charge is 0.311 e. The molecule has 0 spiro atoms. The second kappa shape index (κ2) is 6.69. The quantitative estimate of drug-likeness (QED) is 0.714. The molecule has 7 nitrogen and oxygen atoms in total. The van der Waals surface area contributed by atoms with E-state index in [9.17, 15) is 14.7 Å². The molecule has 1 aliphatic rings. The lowest BCUT2D eigenvalue weighted by Crippen LogP contribution is -2.43. The van der Waals surface area contributed by atoms with Crippen LogP contribution in [0.1, 0.15) is 61.9 Å². The minimum Gasteiger partial charge on any atom is -0.481 e. The molecule has 21 heavy (non-hydrogen) atoms. The van der Waals surface area contributed by atoms with Crippen molar-refractivity contribution in [3.05, 3.63) is 11.6 Å². The first-order chi connectivity index (χ1) is 10.1. The number of aryl methyl sites for hydroxylation is 1. The third-order valence-electron chi connectivity index (χ3n) is 4.17. The molecular formula is C14H22N4O3. The zero-order valence-corrected chi connectivity index (χ0v) is 12.3. The maximum absolute atomic E-state index is 12.0. The topological polar surface area (TPSA) is 108 Å². The van der Waals surface area contributed by atoms with Crippen LogP contribution in [-0.2, 0) is 11.2 Å². The Balaban J connectivity index is 2.01. The van der Waals surface area contributed by atoms with Crippen molar-refractivity contribution in [1.82, 2.24) is 20.5 Å². The number of carboxylic acid groups (broad SMARTS) is 1. The summed E-state index contributed by atoms with van der Waals surface area (Å²) in [6.45, 7) is 2.05. The lowest BCUT2D eigenvalue weighted by Gasteiger charge is -2.27. The molecule has 1 aromatic heterocycles. The normalized spacial score (nSPS) is 18.0. The van der Waals surface area contributed by atoms with Crippen molar-refractivity contribution in [3.63, 3.8) is 0 Å². The summed E-state index contributed by atoms with van der Waals surface area (Å²) in [5.74, 6) is -0.534. The van der Waals surface area contributed by atoms with Gasteiger partial charge in [0, 0.05) is 13.0 Å². The molecule has 2 rings (SSSR count). The van der Waals surface area contributed by atoms with Crippen LogP contribution >= 0.6 is 0 Å². The maximum atomic E-state index is 12.0. The first-order valence-electron chi connectivity index (χ1n) is 7.50. The van der Waals surface area contributed by atoms with E-state index in [1.165, 1.54) is 0 Å². The van der Waals surface area contributed by atoms with E-state index in [1.807, 2.05) is 6.92 Å². The van der Waals surface area contributed by atoms with Crippen molar-refractivity contribution >= 4 is 11.9 Å². The van der Waals surface area contributed by atoms with Gasteiger partial charge < -0.3 is 10.4 Å². The molecule has 1 saturated carbocycles. The highest BCUT2D eigenvalue weighted by Crippen LogP contribution is 2.34. The van der Waals surface area contributed by atoms with Crippen LogP contribution in [0.3, 0.4) is 0 Å². The van der Waals surface area contributed by atoms with Crippen LogP contribution in [0.25, 0.3) is 0 Å². The van der Waals surface area contributed by atoms with E-state index >= 15 is 0 Å². The molecule has 0 bridgehead atoms. The molecule has 1 fully saturated rings. The molecule has 116 valence electrons. The van der Waals surface area contributed by atoms with Crippen molar-refractivity contribution in [2.24, 2.45) is 5.41 Å². The molecule has 1 aliphatic carbocycles. The SMILES string of the molecule is CCc1nc(C(=O)NCC2(C(=O)O)CCCCCC2)n[nH]1. The summed E-state index contributed by atoms with van der Waals surface area (Å²) in [6, 6.07) is 0. The first kappa shape index (κ1) is 15.5. The lowest BCUT2D eigenvalue weighted by atomic mass is 9.80. The van der Waals surface area contributed by atoms with E-state index in [2.05, 4.69) is 20.5 Å². The van der Waals surface area contributed by atoms with Gasteiger partial charge in [0.1, 0.15) is 5.82 Å². The van der Waals surface area contributed by atoms with E-state index in [0.717, 1.165) is 25.7 Å². The number of aliphatic carboxylic acids is 1. The van der Waals surface area contributed by atoms with Crippen LogP contribution in [-0.4, -0.2) is 38.7 Å². The van der Waals surface area contributed by atoms with Crippen LogP contribution in [0.4, 0.5) is 0 Å². The lowest BCUT2D eigenvalue weighted by molar-refractivity contribution is -0.149. The van der Waals surface area contributed by atoms with Crippen molar-refractivity contribution in [2.75, 3.05) is 6.54 Å². The van der Waals surface area contributed by atoms with Gasteiger partial charge in [-0.15, -0.1) is 5.10 Å². The highest BCUT2D eigenvalue weighted by atomic mass is 16.4. The van der Waals surface area contributed by atoms with Crippen molar-refractivity contribution in [1.29, 1.82) is 0 Å². The molecule has 0 atom stereocenters. The number of aromatic nitrogens is 3. The Hall–Kier alpha value is -1.92. The molecule has 0 aliphatic heterocycles. The van der Waals surface area contributed by atoms with Gasteiger partial charge in [-0.05, 0) is 12.8 Å². The summed E-state index contributed by atoms with van der Waals surface area (Å²) in [6.07, 6.45) is 5.78. The number of nitrogens with zero attached hydrogens (tertiary/aromatic N) is 2. The van der Waals surface area contributed by atoms with Crippen molar-refractivity contribution < 1.29 is 14.7 Å². The van der Waals surface area contributed by atoms with Gasteiger partial charge in [0.2, 0.25) is 5.82 Å². The predicted octanol–water partition coefficient (Wildman–Crippen LogP) is 1.52. The number of rotatable bonds is 5. The Bertz CT molecular complexity index is 504.